The Hall–Kier alpha value is -2.80. The summed E-state index contributed by atoms with van der Waals surface area (Å²) in [5.74, 6) is 0.982. The zero-order chi connectivity index (χ0) is 18.3. The van der Waals surface area contributed by atoms with Crippen LogP contribution in [0, 0.1) is 23.2 Å². The van der Waals surface area contributed by atoms with E-state index in [1.54, 1.807) is 6.92 Å². The number of carbonyl (C=O) groups excluding carboxylic acids is 1. The molecule has 2 aromatic carbocycles. The van der Waals surface area contributed by atoms with Crippen molar-refractivity contribution in [2.45, 2.75) is 38.8 Å². The van der Waals surface area contributed by atoms with Crippen LogP contribution in [-0.4, -0.2) is 11.9 Å². The molecule has 1 saturated carbocycles. The molecule has 2 aliphatic rings. The molecule has 3 atom stereocenters. The smallest absolute Gasteiger partial charge is 0.224 e. The topological polar surface area (TPSA) is 56.1 Å². The van der Waals surface area contributed by atoms with E-state index >= 15 is 0 Å². The second-order valence-corrected chi connectivity index (χ2v) is 7.45. The maximum absolute atomic E-state index is 12.5. The highest BCUT2D eigenvalue weighted by Crippen LogP contribution is 2.49. The van der Waals surface area contributed by atoms with Crippen molar-refractivity contribution in [3.63, 3.8) is 0 Å². The number of fused-ring (bicyclic) bond motifs is 1. The monoisotopic (exact) mass is 345 g/mol. The van der Waals surface area contributed by atoms with Crippen LogP contribution in [0.25, 0.3) is 0 Å². The summed E-state index contributed by atoms with van der Waals surface area (Å²) in [5.41, 5.74) is 3.76. The number of carbonyl (C=O) groups is 1. The van der Waals surface area contributed by atoms with Crippen molar-refractivity contribution in [3.05, 3.63) is 59.7 Å². The number of amides is 1. The Bertz CT molecular complexity index is 881. The van der Waals surface area contributed by atoms with Gasteiger partial charge in [0.05, 0.1) is 17.7 Å². The van der Waals surface area contributed by atoms with Crippen molar-refractivity contribution < 1.29 is 4.79 Å². The van der Waals surface area contributed by atoms with Gasteiger partial charge in [0.1, 0.15) is 0 Å². The SMILES string of the molecule is CC(=O)N1c2ccccc2[C@H](Nc2cccc(C#N)c2)[C@@H](C)[C@@H]1C1CC1. The first-order chi connectivity index (χ1) is 12.6. The van der Waals surface area contributed by atoms with Gasteiger partial charge in [-0.05, 0) is 48.6 Å². The lowest BCUT2D eigenvalue weighted by molar-refractivity contribution is -0.117. The Kier molecular flexibility index (Phi) is 4.16. The number of para-hydroxylation sites is 1. The van der Waals surface area contributed by atoms with Gasteiger partial charge in [0, 0.05) is 30.3 Å². The van der Waals surface area contributed by atoms with Crippen LogP contribution >= 0.6 is 0 Å². The number of hydrogen-bond acceptors (Lipinski definition) is 3. The molecule has 0 unspecified atom stereocenters. The standard InChI is InChI=1S/C22H23N3O/c1-14-21(24-18-7-5-6-16(12-18)13-23)19-8-3-4-9-20(19)25(15(2)26)22(14)17-10-11-17/h3-9,12,14,17,21-22,24H,10-11H2,1-2H3/t14-,21-,22-/m1/s1. The van der Waals surface area contributed by atoms with Crippen LogP contribution in [-0.2, 0) is 4.79 Å². The van der Waals surface area contributed by atoms with Gasteiger partial charge >= 0.3 is 0 Å². The van der Waals surface area contributed by atoms with Crippen LogP contribution in [0.1, 0.15) is 43.9 Å². The van der Waals surface area contributed by atoms with Gasteiger partial charge in [-0.3, -0.25) is 4.79 Å². The molecule has 4 rings (SSSR count). The highest BCUT2D eigenvalue weighted by Gasteiger charge is 2.47. The van der Waals surface area contributed by atoms with Crippen LogP contribution in [0.2, 0.25) is 0 Å². The zero-order valence-electron chi connectivity index (χ0n) is 15.1. The van der Waals surface area contributed by atoms with E-state index in [4.69, 9.17) is 0 Å². The van der Waals surface area contributed by atoms with Gasteiger partial charge in [-0.25, -0.2) is 0 Å². The second kappa shape index (κ2) is 6.49. The van der Waals surface area contributed by atoms with Gasteiger partial charge in [0.2, 0.25) is 5.91 Å². The van der Waals surface area contributed by atoms with E-state index in [1.807, 2.05) is 41.3 Å². The molecule has 132 valence electrons. The number of nitrogens with zero attached hydrogens (tertiary/aromatic N) is 2. The minimum absolute atomic E-state index is 0.112. The normalized spacial score (nSPS) is 24.5. The third-order valence-corrected chi connectivity index (χ3v) is 5.65. The lowest BCUT2D eigenvalue weighted by Crippen LogP contribution is -2.51. The predicted molar refractivity (Wildman–Crippen MR) is 103 cm³/mol. The first kappa shape index (κ1) is 16.7. The number of anilines is 2. The summed E-state index contributed by atoms with van der Waals surface area (Å²) in [7, 11) is 0. The quantitative estimate of drug-likeness (QED) is 0.891. The summed E-state index contributed by atoms with van der Waals surface area (Å²) >= 11 is 0. The maximum Gasteiger partial charge on any atom is 0.224 e. The first-order valence-corrected chi connectivity index (χ1v) is 9.25. The average molecular weight is 345 g/mol. The molecule has 0 aromatic heterocycles. The van der Waals surface area contributed by atoms with E-state index in [0.717, 1.165) is 16.9 Å². The minimum Gasteiger partial charge on any atom is -0.378 e. The largest absolute Gasteiger partial charge is 0.378 e. The average Bonchev–Trinajstić information content (AvgIpc) is 3.48. The third kappa shape index (κ3) is 2.84. The number of nitrogens with one attached hydrogen (secondary N) is 1. The summed E-state index contributed by atoms with van der Waals surface area (Å²) in [6, 6.07) is 18.3. The van der Waals surface area contributed by atoms with Gasteiger partial charge in [0.25, 0.3) is 0 Å². The molecule has 0 bridgehead atoms. The van der Waals surface area contributed by atoms with Crippen molar-refractivity contribution in [1.29, 1.82) is 5.26 Å². The molecule has 1 fully saturated rings. The van der Waals surface area contributed by atoms with Crippen LogP contribution < -0.4 is 10.2 Å². The van der Waals surface area contributed by atoms with Crippen LogP contribution in [0.15, 0.2) is 48.5 Å². The van der Waals surface area contributed by atoms with Crippen molar-refractivity contribution in [2.24, 2.45) is 11.8 Å². The van der Waals surface area contributed by atoms with E-state index in [-0.39, 0.29) is 23.9 Å². The van der Waals surface area contributed by atoms with Crippen LogP contribution in [0.5, 0.6) is 0 Å². The summed E-state index contributed by atoms with van der Waals surface area (Å²) in [5, 5.41) is 12.8. The van der Waals surface area contributed by atoms with E-state index in [0.29, 0.717) is 11.5 Å². The number of benzene rings is 2. The number of hydrogen-bond donors (Lipinski definition) is 1. The van der Waals surface area contributed by atoms with Gasteiger partial charge in [-0.2, -0.15) is 5.26 Å². The lowest BCUT2D eigenvalue weighted by atomic mass is 9.80. The molecule has 1 amide bonds. The summed E-state index contributed by atoms with van der Waals surface area (Å²) in [6.07, 6.45) is 2.38. The minimum atomic E-state index is 0.112. The fourth-order valence-corrected chi connectivity index (χ4v) is 4.37. The van der Waals surface area contributed by atoms with Gasteiger partial charge in [-0.1, -0.05) is 31.2 Å². The Labute approximate surface area is 154 Å². The van der Waals surface area contributed by atoms with Crippen molar-refractivity contribution in [2.75, 3.05) is 10.2 Å². The zero-order valence-corrected chi connectivity index (χ0v) is 15.1. The molecule has 2 aromatic rings. The predicted octanol–water partition coefficient (Wildman–Crippen LogP) is 4.49. The molecule has 4 heteroatoms. The highest BCUT2D eigenvalue weighted by molar-refractivity contribution is 5.94. The first-order valence-electron chi connectivity index (χ1n) is 9.25. The van der Waals surface area contributed by atoms with Crippen LogP contribution in [0.3, 0.4) is 0 Å². The summed E-state index contributed by atoms with van der Waals surface area (Å²) < 4.78 is 0. The lowest BCUT2D eigenvalue weighted by Gasteiger charge is -2.46. The molecular weight excluding hydrogens is 322 g/mol. The van der Waals surface area contributed by atoms with Crippen molar-refractivity contribution in [3.8, 4) is 6.07 Å². The number of nitriles is 1. The summed E-state index contributed by atoms with van der Waals surface area (Å²) in [6.45, 7) is 3.91. The van der Waals surface area contributed by atoms with E-state index in [2.05, 4.69) is 30.4 Å². The van der Waals surface area contributed by atoms with Gasteiger partial charge in [-0.15, -0.1) is 0 Å². The second-order valence-electron chi connectivity index (χ2n) is 7.45. The molecule has 1 aliphatic heterocycles. The fourth-order valence-electron chi connectivity index (χ4n) is 4.37. The molecule has 0 spiro atoms. The molecular formula is C22H23N3O. The number of rotatable bonds is 3. The molecule has 1 N–H and O–H groups in total. The van der Waals surface area contributed by atoms with E-state index in [1.165, 1.54) is 12.8 Å². The van der Waals surface area contributed by atoms with E-state index in [9.17, 15) is 10.1 Å². The van der Waals surface area contributed by atoms with E-state index < -0.39 is 0 Å². The van der Waals surface area contributed by atoms with Crippen molar-refractivity contribution >= 4 is 17.3 Å². The Morgan fingerprint density at radius 1 is 1.19 bits per heavy atom. The molecule has 1 heterocycles. The molecule has 0 saturated heterocycles. The molecule has 1 aliphatic carbocycles. The third-order valence-electron chi connectivity index (χ3n) is 5.65. The van der Waals surface area contributed by atoms with Gasteiger partial charge < -0.3 is 10.2 Å². The molecule has 0 radical (unpaired) electrons. The summed E-state index contributed by atoms with van der Waals surface area (Å²) in [4.78, 5) is 14.5. The Balaban J connectivity index is 1.76. The van der Waals surface area contributed by atoms with Gasteiger partial charge in [0.15, 0.2) is 0 Å². The fraction of sp³-hybridized carbons (Fsp3) is 0.364. The maximum atomic E-state index is 12.5. The highest BCUT2D eigenvalue weighted by atomic mass is 16.2. The Morgan fingerprint density at radius 3 is 2.65 bits per heavy atom. The van der Waals surface area contributed by atoms with Crippen molar-refractivity contribution in [1.82, 2.24) is 0 Å². The molecule has 26 heavy (non-hydrogen) atoms. The Morgan fingerprint density at radius 2 is 1.96 bits per heavy atom. The molecule has 4 nitrogen and oxygen atoms in total. The van der Waals surface area contributed by atoms with Crippen LogP contribution in [0.4, 0.5) is 11.4 Å².